The molecule has 0 bridgehead atoms. The second-order valence-electron chi connectivity index (χ2n) is 6.67. The van der Waals surface area contributed by atoms with Crippen LogP contribution in [0.3, 0.4) is 0 Å². The normalized spacial score (nSPS) is 12.2. The summed E-state index contributed by atoms with van der Waals surface area (Å²) in [5.74, 6) is 0.0359. The second-order valence-corrected chi connectivity index (χ2v) is 6.67. The number of amides is 1. The van der Waals surface area contributed by atoms with Crippen molar-refractivity contribution in [3.63, 3.8) is 0 Å². The van der Waals surface area contributed by atoms with Gasteiger partial charge in [0.15, 0.2) is 6.54 Å². The van der Waals surface area contributed by atoms with Crippen molar-refractivity contribution in [2.24, 2.45) is 5.92 Å². The Morgan fingerprint density at radius 2 is 1.80 bits per heavy atom. The summed E-state index contributed by atoms with van der Waals surface area (Å²) in [5, 5.41) is 4.85. The van der Waals surface area contributed by atoms with Crippen molar-refractivity contribution in [2.45, 2.75) is 39.8 Å². The predicted octanol–water partition coefficient (Wildman–Crippen LogP) is 2.97. The molecule has 0 aliphatic rings. The van der Waals surface area contributed by atoms with Gasteiger partial charge in [0.25, 0.3) is 5.91 Å². The van der Waals surface area contributed by atoms with Gasteiger partial charge in [-0.25, -0.2) is 4.39 Å². The lowest BCUT2D eigenvalue weighted by Gasteiger charge is -2.20. The third-order valence-electron chi connectivity index (χ3n) is 4.48. The topological polar surface area (TPSA) is 45.7 Å². The molecule has 1 atom stereocenters. The Kier molecular flexibility index (Phi) is 7.14. The highest BCUT2D eigenvalue weighted by Gasteiger charge is 2.20. The highest BCUT2D eigenvalue weighted by Crippen LogP contribution is 2.18. The zero-order valence-corrected chi connectivity index (χ0v) is 15.3. The van der Waals surface area contributed by atoms with Gasteiger partial charge in [-0.15, -0.1) is 0 Å². The molecule has 0 saturated heterocycles. The number of nitrogens with one attached hydrogen (secondary N) is 1. The molecular formula is C21H28FN2O+. The van der Waals surface area contributed by atoms with Gasteiger partial charge in [0, 0.05) is 23.6 Å². The number of quaternary nitrogens is 1. The van der Waals surface area contributed by atoms with Crippen LogP contribution in [0.15, 0.2) is 48.5 Å². The molecule has 0 radical (unpaired) electrons. The van der Waals surface area contributed by atoms with Crippen LogP contribution in [0.2, 0.25) is 0 Å². The van der Waals surface area contributed by atoms with Crippen LogP contribution in [-0.2, 0) is 17.8 Å². The van der Waals surface area contributed by atoms with Crippen molar-refractivity contribution in [1.82, 2.24) is 5.32 Å². The Balaban J connectivity index is 1.89. The van der Waals surface area contributed by atoms with Crippen molar-refractivity contribution in [3.05, 3.63) is 71.0 Å². The summed E-state index contributed by atoms with van der Waals surface area (Å²) in [6.07, 6.45) is 1.02. The van der Waals surface area contributed by atoms with Crippen LogP contribution < -0.4 is 10.6 Å². The Morgan fingerprint density at radius 3 is 2.40 bits per heavy atom. The van der Waals surface area contributed by atoms with Gasteiger partial charge in [0.05, 0.1) is 0 Å². The first-order valence-electron chi connectivity index (χ1n) is 8.93. The monoisotopic (exact) mass is 343 g/mol. The molecule has 3 nitrogen and oxygen atoms in total. The number of aryl methyl sites for hydroxylation is 1. The van der Waals surface area contributed by atoms with E-state index in [0.29, 0.717) is 18.0 Å². The van der Waals surface area contributed by atoms with Gasteiger partial charge in [-0.2, -0.15) is 0 Å². The number of rotatable bonds is 8. The summed E-state index contributed by atoms with van der Waals surface area (Å²) in [4.78, 5) is 12.1. The fourth-order valence-corrected chi connectivity index (χ4v) is 2.91. The first-order chi connectivity index (χ1) is 12.0. The minimum Gasteiger partial charge on any atom is -0.347 e. The van der Waals surface area contributed by atoms with E-state index < -0.39 is 0 Å². The predicted molar refractivity (Wildman–Crippen MR) is 98.4 cm³/mol. The molecule has 0 aliphatic carbocycles. The van der Waals surface area contributed by atoms with Crippen LogP contribution in [-0.4, -0.2) is 12.5 Å². The molecule has 2 aromatic carbocycles. The molecule has 3 N–H and O–H groups in total. The Labute approximate surface area is 149 Å². The standard InChI is InChI=1S/C21H27FN2O/c1-4-16-9-11-17(12-10-16)21(15(2)3)24-14-20(25)23-13-18-7-5-6-8-19(18)22/h5-12,15,21,24H,4,13-14H2,1-3H3,(H,23,25)/p+1/t21-/m1/s1. The molecule has 0 heterocycles. The van der Waals surface area contributed by atoms with Gasteiger partial charge in [0.2, 0.25) is 0 Å². The summed E-state index contributed by atoms with van der Waals surface area (Å²) >= 11 is 0. The molecular weight excluding hydrogens is 315 g/mol. The summed E-state index contributed by atoms with van der Waals surface area (Å²) in [5.41, 5.74) is 3.05. The second kappa shape index (κ2) is 9.33. The minimum absolute atomic E-state index is 0.0842. The first-order valence-corrected chi connectivity index (χ1v) is 8.93. The van der Waals surface area contributed by atoms with Gasteiger partial charge in [-0.1, -0.05) is 63.2 Å². The highest BCUT2D eigenvalue weighted by atomic mass is 19.1. The SMILES string of the molecule is CCc1ccc([C@H]([NH2+]CC(=O)NCc2ccccc2F)C(C)C)cc1. The number of carbonyl (C=O) groups is 1. The molecule has 2 aromatic rings. The highest BCUT2D eigenvalue weighted by molar-refractivity contribution is 5.76. The third-order valence-corrected chi connectivity index (χ3v) is 4.48. The van der Waals surface area contributed by atoms with Crippen LogP contribution >= 0.6 is 0 Å². The zero-order valence-electron chi connectivity index (χ0n) is 15.3. The Bertz CT molecular complexity index is 683. The van der Waals surface area contributed by atoms with Crippen molar-refractivity contribution in [2.75, 3.05) is 6.54 Å². The molecule has 2 rings (SSSR count). The Morgan fingerprint density at radius 1 is 1.12 bits per heavy atom. The van der Waals surface area contributed by atoms with E-state index in [4.69, 9.17) is 0 Å². The van der Waals surface area contributed by atoms with Crippen LogP contribution in [0.4, 0.5) is 4.39 Å². The summed E-state index contributed by atoms with van der Waals surface area (Å²) in [7, 11) is 0. The van der Waals surface area contributed by atoms with E-state index in [-0.39, 0.29) is 24.3 Å². The first kappa shape index (κ1) is 19.1. The smallest absolute Gasteiger partial charge is 0.275 e. The van der Waals surface area contributed by atoms with Gasteiger partial charge in [-0.3, -0.25) is 4.79 Å². The molecule has 1 amide bonds. The fraction of sp³-hybridized carbons (Fsp3) is 0.381. The quantitative estimate of drug-likeness (QED) is 0.760. The van der Waals surface area contributed by atoms with Crippen LogP contribution in [0, 0.1) is 11.7 Å². The molecule has 0 unspecified atom stereocenters. The number of nitrogens with two attached hydrogens (primary N) is 1. The van der Waals surface area contributed by atoms with Crippen molar-refractivity contribution in [3.8, 4) is 0 Å². The average Bonchev–Trinajstić information content (AvgIpc) is 2.61. The van der Waals surface area contributed by atoms with Crippen molar-refractivity contribution >= 4 is 5.91 Å². The number of hydrogen-bond acceptors (Lipinski definition) is 1. The molecule has 0 aromatic heterocycles. The molecule has 0 aliphatic heterocycles. The third kappa shape index (κ3) is 5.68. The molecule has 0 spiro atoms. The lowest BCUT2D eigenvalue weighted by molar-refractivity contribution is -0.692. The van der Waals surface area contributed by atoms with E-state index in [9.17, 15) is 9.18 Å². The van der Waals surface area contributed by atoms with E-state index >= 15 is 0 Å². The maximum Gasteiger partial charge on any atom is 0.275 e. The lowest BCUT2D eigenvalue weighted by atomic mass is 9.95. The maximum atomic E-state index is 13.6. The van der Waals surface area contributed by atoms with Crippen molar-refractivity contribution < 1.29 is 14.5 Å². The molecule has 134 valence electrons. The van der Waals surface area contributed by atoms with Crippen LogP contribution in [0.1, 0.15) is 43.5 Å². The van der Waals surface area contributed by atoms with E-state index in [0.717, 1.165) is 6.42 Å². The lowest BCUT2D eigenvalue weighted by Crippen LogP contribution is -2.88. The Hall–Kier alpha value is -2.20. The average molecular weight is 343 g/mol. The van der Waals surface area contributed by atoms with Gasteiger partial charge < -0.3 is 10.6 Å². The molecule has 25 heavy (non-hydrogen) atoms. The van der Waals surface area contributed by atoms with E-state index in [1.165, 1.54) is 17.2 Å². The molecule has 0 fully saturated rings. The van der Waals surface area contributed by atoms with E-state index in [2.05, 4.69) is 55.7 Å². The van der Waals surface area contributed by atoms with Crippen LogP contribution in [0.25, 0.3) is 0 Å². The van der Waals surface area contributed by atoms with Gasteiger partial charge >= 0.3 is 0 Å². The fourth-order valence-electron chi connectivity index (χ4n) is 2.91. The maximum absolute atomic E-state index is 13.6. The number of hydrogen-bond donors (Lipinski definition) is 2. The summed E-state index contributed by atoms with van der Waals surface area (Å²) in [6, 6.07) is 15.3. The summed E-state index contributed by atoms with van der Waals surface area (Å²) < 4.78 is 13.6. The van der Waals surface area contributed by atoms with E-state index in [1.807, 2.05) is 0 Å². The number of carbonyl (C=O) groups excluding carboxylic acids is 1. The summed E-state index contributed by atoms with van der Waals surface area (Å²) in [6.45, 7) is 7.00. The zero-order chi connectivity index (χ0) is 18.2. The van der Waals surface area contributed by atoms with Crippen LogP contribution in [0.5, 0.6) is 0 Å². The number of benzene rings is 2. The van der Waals surface area contributed by atoms with Gasteiger partial charge in [0.1, 0.15) is 11.9 Å². The van der Waals surface area contributed by atoms with Crippen molar-refractivity contribution in [1.29, 1.82) is 0 Å². The largest absolute Gasteiger partial charge is 0.347 e. The molecule has 0 saturated carbocycles. The van der Waals surface area contributed by atoms with E-state index in [1.54, 1.807) is 18.2 Å². The number of halogens is 1. The van der Waals surface area contributed by atoms with Gasteiger partial charge in [-0.05, 0) is 18.1 Å². The molecule has 4 heteroatoms. The minimum atomic E-state index is -0.289.